The average molecular weight is 481 g/mol. The summed E-state index contributed by atoms with van der Waals surface area (Å²) in [5.74, 6) is 0.517. The number of aromatic nitrogens is 4. The van der Waals surface area contributed by atoms with Crippen LogP contribution in [0.25, 0.3) is 28.0 Å². The average Bonchev–Trinajstić information content (AvgIpc) is 3.34. The Morgan fingerprint density at radius 1 is 1.14 bits per heavy atom. The molecular formula is C29H32N6O. The first-order valence-corrected chi connectivity index (χ1v) is 12.7. The van der Waals surface area contributed by atoms with Crippen LogP contribution in [0.5, 0.6) is 0 Å². The molecule has 1 aliphatic rings. The summed E-state index contributed by atoms with van der Waals surface area (Å²) < 4.78 is 7.51. The van der Waals surface area contributed by atoms with Crippen LogP contribution >= 0.6 is 0 Å². The van der Waals surface area contributed by atoms with Gasteiger partial charge in [-0.2, -0.15) is 14.9 Å². The summed E-state index contributed by atoms with van der Waals surface area (Å²) in [6, 6.07) is 16.4. The minimum atomic E-state index is 0.128. The highest BCUT2D eigenvalue weighted by atomic mass is 16.5. The van der Waals surface area contributed by atoms with Crippen LogP contribution in [-0.4, -0.2) is 32.3 Å². The lowest BCUT2D eigenvalue weighted by Crippen LogP contribution is -2.36. The summed E-state index contributed by atoms with van der Waals surface area (Å²) in [4.78, 5) is 9.68. The van der Waals surface area contributed by atoms with Crippen LogP contribution in [0, 0.1) is 16.7 Å². The van der Waals surface area contributed by atoms with Gasteiger partial charge in [0.2, 0.25) is 0 Å². The number of benzene rings is 1. The molecule has 2 N–H and O–H groups in total. The van der Waals surface area contributed by atoms with Gasteiger partial charge in [-0.15, -0.1) is 0 Å². The summed E-state index contributed by atoms with van der Waals surface area (Å²) in [6.07, 6.45) is 7.73. The Balaban J connectivity index is 1.49. The van der Waals surface area contributed by atoms with Crippen molar-refractivity contribution in [3.05, 3.63) is 66.1 Å². The molecule has 0 aliphatic heterocycles. The number of nitriles is 1. The van der Waals surface area contributed by atoms with Crippen LogP contribution in [0.1, 0.15) is 63.6 Å². The van der Waals surface area contributed by atoms with Gasteiger partial charge in [0.25, 0.3) is 0 Å². The van der Waals surface area contributed by atoms with Gasteiger partial charge in [-0.25, -0.2) is 4.98 Å². The second-order valence-corrected chi connectivity index (χ2v) is 9.99. The molecule has 1 saturated carbocycles. The molecule has 1 aliphatic carbocycles. The van der Waals surface area contributed by atoms with Gasteiger partial charge in [-0.1, -0.05) is 43.3 Å². The highest BCUT2D eigenvalue weighted by Gasteiger charge is 2.38. The highest BCUT2D eigenvalue weighted by Crippen LogP contribution is 2.46. The lowest BCUT2D eigenvalue weighted by Gasteiger charge is -2.41. The number of nitrogens with zero attached hydrogens (tertiary/aromatic N) is 5. The maximum absolute atomic E-state index is 9.97. The molecule has 1 aromatic carbocycles. The van der Waals surface area contributed by atoms with Crippen molar-refractivity contribution in [1.82, 2.24) is 19.6 Å². The predicted octanol–water partition coefficient (Wildman–Crippen LogP) is 6.00. The van der Waals surface area contributed by atoms with E-state index in [1.54, 1.807) is 10.7 Å². The molecule has 3 aromatic heterocycles. The fraction of sp³-hybridized carbons (Fsp3) is 0.379. The third-order valence-electron chi connectivity index (χ3n) is 7.88. The Kier molecular flexibility index (Phi) is 6.46. The van der Waals surface area contributed by atoms with Crippen molar-refractivity contribution in [2.24, 2.45) is 5.41 Å². The van der Waals surface area contributed by atoms with Crippen molar-refractivity contribution in [2.75, 3.05) is 12.3 Å². The third-order valence-corrected chi connectivity index (χ3v) is 7.88. The van der Waals surface area contributed by atoms with E-state index >= 15 is 0 Å². The number of nitrogens with two attached hydrogens (primary N) is 1. The van der Waals surface area contributed by atoms with Gasteiger partial charge >= 0.3 is 0 Å². The molecular weight excluding hydrogens is 448 g/mol. The van der Waals surface area contributed by atoms with Gasteiger partial charge in [0.1, 0.15) is 17.5 Å². The fourth-order valence-electron chi connectivity index (χ4n) is 5.39. The highest BCUT2D eigenvalue weighted by molar-refractivity contribution is 5.79. The van der Waals surface area contributed by atoms with Gasteiger partial charge in [-0.3, -0.25) is 4.98 Å². The zero-order chi connectivity index (χ0) is 25.3. The smallest absolute Gasteiger partial charge is 0.165 e. The number of nitrogen functional groups attached to an aromatic ring is 1. The van der Waals surface area contributed by atoms with E-state index in [1.165, 1.54) is 0 Å². The lowest BCUT2D eigenvalue weighted by molar-refractivity contribution is -0.0362. The van der Waals surface area contributed by atoms with Crippen LogP contribution in [0.4, 0.5) is 5.82 Å². The first-order valence-electron chi connectivity index (χ1n) is 12.7. The van der Waals surface area contributed by atoms with Crippen LogP contribution < -0.4 is 5.73 Å². The monoisotopic (exact) mass is 480 g/mol. The molecule has 0 saturated heterocycles. The number of rotatable bonds is 6. The Bertz CT molecular complexity index is 1400. The molecule has 1 atom stereocenters. The summed E-state index contributed by atoms with van der Waals surface area (Å²) in [5, 5.41) is 14.4. The van der Waals surface area contributed by atoms with Gasteiger partial charge in [-0.05, 0) is 51.0 Å². The maximum Gasteiger partial charge on any atom is 0.165 e. The zero-order valence-electron chi connectivity index (χ0n) is 21.1. The number of fused-ring (bicyclic) bond motifs is 1. The van der Waals surface area contributed by atoms with Crippen molar-refractivity contribution in [1.29, 1.82) is 5.26 Å². The number of anilines is 1. The molecule has 0 radical (unpaired) electrons. The molecule has 1 unspecified atom stereocenters. The van der Waals surface area contributed by atoms with Crippen LogP contribution in [0.2, 0.25) is 0 Å². The van der Waals surface area contributed by atoms with E-state index < -0.39 is 0 Å². The number of hydrogen-bond acceptors (Lipinski definition) is 6. The van der Waals surface area contributed by atoms with Crippen LogP contribution in [0.3, 0.4) is 0 Å². The quantitative estimate of drug-likeness (QED) is 0.363. The number of ether oxygens (including phenoxy) is 1. The van der Waals surface area contributed by atoms with Crippen molar-refractivity contribution < 1.29 is 4.74 Å². The predicted molar refractivity (Wildman–Crippen MR) is 141 cm³/mol. The molecule has 184 valence electrons. The number of hydrogen-bond donors (Lipinski definition) is 1. The van der Waals surface area contributed by atoms with E-state index in [0.717, 1.165) is 60.4 Å². The normalized spacial score (nSPS) is 20.8. The second-order valence-electron chi connectivity index (χ2n) is 9.99. The third kappa shape index (κ3) is 4.22. The van der Waals surface area contributed by atoms with Gasteiger partial charge < -0.3 is 10.5 Å². The maximum atomic E-state index is 9.97. The molecule has 3 heterocycles. The standard InChI is InChI=1S/C29H32N6O/c1-4-36-19(2)29(3)14-12-21(13-15-29)26-23(16-30)27(31)35-28(34-26)24(18-33-35)22-10-11-25(32-17-22)20-8-6-5-7-9-20/h5-11,17-19,21H,4,12-15,31H2,1-3H3. The SMILES string of the molecule is CCOC(C)C1(C)CCC(c2nc3c(-c4ccc(-c5ccccc5)nc4)cnn3c(N)c2C#N)CC1. The second kappa shape index (κ2) is 9.71. The first kappa shape index (κ1) is 24.0. The fourth-order valence-corrected chi connectivity index (χ4v) is 5.39. The Morgan fingerprint density at radius 3 is 2.53 bits per heavy atom. The van der Waals surface area contributed by atoms with Crippen LogP contribution in [-0.2, 0) is 4.74 Å². The Morgan fingerprint density at radius 2 is 1.89 bits per heavy atom. The molecule has 4 aromatic rings. The van der Waals surface area contributed by atoms with E-state index in [-0.39, 0.29) is 17.4 Å². The summed E-state index contributed by atoms with van der Waals surface area (Å²) in [7, 11) is 0. The van der Waals surface area contributed by atoms with E-state index in [0.29, 0.717) is 17.0 Å². The summed E-state index contributed by atoms with van der Waals surface area (Å²) in [5.41, 5.74) is 12.2. The van der Waals surface area contributed by atoms with E-state index in [4.69, 9.17) is 15.5 Å². The summed E-state index contributed by atoms with van der Waals surface area (Å²) >= 11 is 0. The minimum absolute atomic E-state index is 0.128. The zero-order valence-corrected chi connectivity index (χ0v) is 21.1. The summed E-state index contributed by atoms with van der Waals surface area (Å²) in [6.45, 7) is 7.24. The molecule has 0 bridgehead atoms. The molecule has 0 spiro atoms. The lowest BCUT2D eigenvalue weighted by atomic mass is 9.68. The molecule has 5 rings (SSSR count). The topological polar surface area (TPSA) is 102 Å². The molecule has 0 amide bonds. The minimum Gasteiger partial charge on any atom is -0.382 e. The molecule has 7 heteroatoms. The van der Waals surface area contributed by atoms with Crippen LogP contribution in [0.15, 0.2) is 54.9 Å². The largest absolute Gasteiger partial charge is 0.382 e. The molecule has 36 heavy (non-hydrogen) atoms. The number of pyridine rings is 1. The van der Waals surface area contributed by atoms with Gasteiger partial charge in [0, 0.05) is 35.4 Å². The van der Waals surface area contributed by atoms with Crippen molar-refractivity contribution in [2.45, 2.75) is 58.5 Å². The van der Waals surface area contributed by atoms with Gasteiger partial charge in [0.15, 0.2) is 5.65 Å². The van der Waals surface area contributed by atoms with Gasteiger partial charge in [0.05, 0.1) is 23.7 Å². The van der Waals surface area contributed by atoms with Crippen molar-refractivity contribution >= 4 is 11.5 Å². The first-order chi connectivity index (χ1) is 17.4. The van der Waals surface area contributed by atoms with Crippen molar-refractivity contribution in [3.63, 3.8) is 0 Å². The molecule has 7 nitrogen and oxygen atoms in total. The Hall–Kier alpha value is -3.76. The van der Waals surface area contributed by atoms with E-state index in [2.05, 4.69) is 30.0 Å². The Labute approximate surface area is 212 Å². The molecule has 1 fully saturated rings. The van der Waals surface area contributed by atoms with Crippen molar-refractivity contribution in [3.8, 4) is 28.5 Å². The van der Waals surface area contributed by atoms with E-state index in [1.807, 2.05) is 55.6 Å². The van der Waals surface area contributed by atoms with E-state index in [9.17, 15) is 5.26 Å².